The number of rotatable bonds is 10. The van der Waals surface area contributed by atoms with E-state index < -0.39 is 0 Å². The lowest BCUT2D eigenvalue weighted by molar-refractivity contribution is -0.113. The number of anilines is 1. The Morgan fingerprint density at radius 2 is 1.94 bits per heavy atom. The minimum atomic E-state index is -0.343. The molecular formula is C22H23BrN4O3S. The van der Waals surface area contributed by atoms with Gasteiger partial charge in [0.05, 0.1) is 18.6 Å². The number of hydrogen-bond donors (Lipinski definition) is 1. The summed E-state index contributed by atoms with van der Waals surface area (Å²) in [6.45, 7) is 6.23. The Morgan fingerprint density at radius 3 is 2.61 bits per heavy atom. The number of carbonyl (C=O) groups is 1. The van der Waals surface area contributed by atoms with Gasteiger partial charge in [-0.15, -0.1) is 16.8 Å². The Morgan fingerprint density at radius 1 is 1.23 bits per heavy atom. The molecule has 2 aromatic carbocycles. The van der Waals surface area contributed by atoms with Gasteiger partial charge in [-0.3, -0.25) is 9.36 Å². The molecule has 9 heteroatoms. The van der Waals surface area contributed by atoms with Crippen LogP contribution in [0.4, 0.5) is 5.69 Å². The van der Waals surface area contributed by atoms with Crippen molar-refractivity contribution >= 4 is 39.3 Å². The largest absolute Gasteiger partial charge is 0.497 e. The zero-order valence-corrected chi connectivity index (χ0v) is 19.6. The lowest BCUT2D eigenvalue weighted by Gasteiger charge is -2.16. The number of hydrogen-bond acceptors (Lipinski definition) is 6. The van der Waals surface area contributed by atoms with E-state index in [9.17, 15) is 4.79 Å². The summed E-state index contributed by atoms with van der Waals surface area (Å²) >= 11 is 4.74. The number of methoxy groups -OCH3 is 1. The first-order chi connectivity index (χ1) is 15.0. The molecular weight excluding hydrogens is 480 g/mol. The fraction of sp³-hybridized carbons (Fsp3) is 0.227. The first kappa shape index (κ1) is 22.9. The van der Waals surface area contributed by atoms with Gasteiger partial charge in [0.2, 0.25) is 5.91 Å². The molecule has 1 N–H and O–H groups in total. The zero-order valence-electron chi connectivity index (χ0n) is 17.2. The fourth-order valence-electron chi connectivity index (χ4n) is 2.80. The van der Waals surface area contributed by atoms with Gasteiger partial charge in [-0.1, -0.05) is 30.0 Å². The molecule has 3 rings (SSSR count). The summed E-state index contributed by atoms with van der Waals surface area (Å²) in [5.74, 6) is 2.18. The van der Waals surface area contributed by atoms with E-state index in [4.69, 9.17) is 9.47 Å². The van der Waals surface area contributed by atoms with Crippen molar-refractivity contribution < 1.29 is 14.3 Å². The van der Waals surface area contributed by atoms with Gasteiger partial charge in [-0.05, 0) is 59.3 Å². The van der Waals surface area contributed by atoms with Crippen molar-refractivity contribution in [3.8, 4) is 11.5 Å². The molecule has 7 nitrogen and oxygen atoms in total. The molecule has 31 heavy (non-hydrogen) atoms. The molecule has 1 heterocycles. The van der Waals surface area contributed by atoms with Crippen molar-refractivity contribution in [1.82, 2.24) is 14.8 Å². The molecule has 0 aliphatic heterocycles. The van der Waals surface area contributed by atoms with Crippen LogP contribution in [0, 0.1) is 0 Å². The molecule has 0 saturated heterocycles. The van der Waals surface area contributed by atoms with E-state index in [-0.39, 0.29) is 17.8 Å². The topological polar surface area (TPSA) is 78.3 Å². The highest BCUT2D eigenvalue weighted by Crippen LogP contribution is 2.26. The smallest absolute Gasteiger partial charge is 0.234 e. The summed E-state index contributed by atoms with van der Waals surface area (Å²) in [5.41, 5.74) is 0.725. The maximum Gasteiger partial charge on any atom is 0.234 e. The van der Waals surface area contributed by atoms with Crippen LogP contribution in [0.2, 0.25) is 0 Å². The van der Waals surface area contributed by atoms with E-state index in [1.54, 1.807) is 13.2 Å². The van der Waals surface area contributed by atoms with Gasteiger partial charge in [0.25, 0.3) is 0 Å². The first-order valence-corrected chi connectivity index (χ1v) is 11.3. The number of amides is 1. The van der Waals surface area contributed by atoms with Crippen LogP contribution in [-0.2, 0) is 11.3 Å². The Kier molecular flexibility index (Phi) is 8.13. The van der Waals surface area contributed by atoms with Crippen LogP contribution in [0.15, 0.2) is 70.8 Å². The Bertz CT molecular complexity index is 1040. The molecule has 0 saturated carbocycles. The number of thioether (sulfide) groups is 1. The predicted octanol–water partition coefficient (Wildman–Crippen LogP) is 5.11. The third-order valence-corrected chi connectivity index (χ3v) is 5.93. The van der Waals surface area contributed by atoms with E-state index in [2.05, 4.69) is 38.0 Å². The van der Waals surface area contributed by atoms with Crippen molar-refractivity contribution in [3.63, 3.8) is 0 Å². The zero-order chi connectivity index (χ0) is 22.2. The predicted molar refractivity (Wildman–Crippen MR) is 126 cm³/mol. The Balaban J connectivity index is 1.66. The fourth-order valence-corrected chi connectivity index (χ4v) is 3.94. The number of allylic oxidation sites excluding steroid dienone is 1. The number of benzene rings is 2. The lowest BCUT2D eigenvalue weighted by atomic mass is 10.3. The van der Waals surface area contributed by atoms with E-state index >= 15 is 0 Å². The molecule has 3 aromatic rings. The molecule has 1 atom stereocenters. The van der Waals surface area contributed by atoms with Crippen molar-refractivity contribution in [2.75, 3.05) is 18.2 Å². The molecule has 1 amide bonds. The van der Waals surface area contributed by atoms with Crippen molar-refractivity contribution in [1.29, 1.82) is 0 Å². The Labute approximate surface area is 194 Å². The first-order valence-electron chi connectivity index (χ1n) is 9.53. The second-order valence-corrected chi connectivity index (χ2v) is 8.29. The highest BCUT2D eigenvalue weighted by molar-refractivity contribution is 9.10. The van der Waals surface area contributed by atoms with Crippen LogP contribution < -0.4 is 14.8 Å². The summed E-state index contributed by atoms with van der Waals surface area (Å²) < 4.78 is 13.9. The highest BCUT2D eigenvalue weighted by atomic mass is 79.9. The Hall–Kier alpha value is -2.78. The number of carbonyl (C=O) groups excluding carboxylic acids is 1. The second kappa shape index (κ2) is 11.0. The van der Waals surface area contributed by atoms with Gasteiger partial charge in [-0.25, -0.2) is 0 Å². The normalized spacial score (nSPS) is 11.6. The number of nitrogens with one attached hydrogen (secondary N) is 1. The van der Waals surface area contributed by atoms with Gasteiger partial charge >= 0.3 is 0 Å². The van der Waals surface area contributed by atoms with Gasteiger partial charge in [0.15, 0.2) is 17.1 Å². The monoisotopic (exact) mass is 502 g/mol. The van der Waals surface area contributed by atoms with Crippen molar-refractivity contribution in [3.05, 3.63) is 71.5 Å². The van der Waals surface area contributed by atoms with Gasteiger partial charge in [0, 0.05) is 11.0 Å². The number of para-hydroxylation sites is 1. The summed E-state index contributed by atoms with van der Waals surface area (Å²) in [5, 5.41) is 12.1. The summed E-state index contributed by atoms with van der Waals surface area (Å²) in [4.78, 5) is 12.4. The molecule has 162 valence electrons. The van der Waals surface area contributed by atoms with Crippen LogP contribution in [0.1, 0.15) is 18.9 Å². The molecule has 0 fully saturated rings. The minimum absolute atomic E-state index is 0.130. The third kappa shape index (κ3) is 6.11. The van der Waals surface area contributed by atoms with E-state index in [1.165, 1.54) is 11.8 Å². The van der Waals surface area contributed by atoms with Crippen LogP contribution >= 0.6 is 27.7 Å². The second-order valence-electron chi connectivity index (χ2n) is 6.49. The molecule has 0 bridgehead atoms. The average molecular weight is 503 g/mol. The SMILES string of the molecule is C=CCn1c(SCC(=O)Nc2ccccc2Br)nnc1C(C)Oc1ccc(OC)cc1. The van der Waals surface area contributed by atoms with Crippen LogP contribution in [0.25, 0.3) is 0 Å². The molecule has 0 aliphatic rings. The number of nitrogens with zero attached hydrogens (tertiary/aromatic N) is 3. The summed E-state index contributed by atoms with van der Waals surface area (Å²) in [7, 11) is 1.62. The molecule has 1 unspecified atom stereocenters. The van der Waals surface area contributed by atoms with Crippen LogP contribution in [0.3, 0.4) is 0 Å². The minimum Gasteiger partial charge on any atom is -0.497 e. The van der Waals surface area contributed by atoms with Gasteiger partial charge in [0.1, 0.15) is 11.5 Å². The van der Waals surface area contributed by atoms with Gasteiger partial charge in [-0.2, -0.15) is 0 Å². The summed E-state index contributed by atoms with van der Waals surface area (Å²) in [6, 6.07) is 14.8. The quantitative estimate of drug-likeness (QED) is 0.306. The van der Waals surface area contributed by atoms with Crippen LogP contribution in [0.5, 0.6) is 11.5 Å². The van der Waals surface area contributed by atoms with E-state index in [0.29, 0.717) is 23.3 Å². The summed E-state index contributed by atoms with van der Waals surface area (Å²) in [6.07, 6.45) is 1.42. The number of aromatic nitrogens is 3. The van der Waals surface area contributed by atoms with Crippen molar-refractivity contribution in [2.45, 2.75) is 24.7 Å². The third-order valence-electron chi connectivity index (χ3n) is 4.27. The average Bonchev–Trinajstić information content (AvgIpc) is 3.17. The molecule has 0 radical (unpaired) electrons. The highest BCUT2D eigenvalue weighted by Gasteiger charge is 2.20. The maximum absolute atomic E-state index is 12.4. The lowest BCUT2D eigenvalue weighted by Crippen LogP contribution is -2.15. The van der Waals surface area contributed by atoms with E-state index in [1.807, 2.05) is 60.0 Å². The number of halogens is 1. The standard InChI is InChI=1S/C22H23BrN4O3S/c1-4-13-27-21(15(2)30-17-11-9-16(29-3)10-12-17)25-26-22(27)31-14-20(28)24-19-8-6-5-7-18(19)23/h4-12,15H,1,13-14H2,2-3H3,(H,24,28). The van der Waals surface area contributed by atoms with Gasteiger partial charge < -0.3 is 14.8 Å². The van der Waals surface area contributed by atoms with E-state index in [0.717, 1.165) is 15.9 Å². The molecule has 0 spiro atoms. The van der Waals surface area contributed by atoms with Crippen LogP contribution in [-0.4, -0.2) is 33.5 Å². The number of ether oxygens (including phenoxy) is 2. The maximum atomic E-state index is 12.4. The molecule has 0 aliphatic carbocycles. The molecule has 1 aromatic heterocycles. The van der Waals surface area contributed by atoms with Crippen molar-refractivity contribution in [2.24, 2.45) is 0 Å².